The number of ether oxygens (including phenoxy) is 1. The molecule has 0 atom stereocenters. The second-order valence-corrected chi connectivity index (χ2v) is 3.31. The Kier molecular flexibility index (Phi) is 3.35. The summed E-state index contributed by atoms with van der Waals surface area (Å²) in [5.41, 5.74) is 0.975. The van der Waals surface area contributed by atoms with Crippen LogP contribution in [-0.4, -0.2) is 13.3 Å². The lowest BCUT2D eigenvalue weighted by Gasteiger charge is -2.07. The summed E-state index contributed by atoms with van der Waals surface area (Å²) < 4.78 is 18.3. The van der Waals surface area contributed by atoms with E-state index in [4.69, 9.17) is 4.74 Å². The van der Waals surface area contributed by atoms with E-state index in [2.05, 4.69) is 0 Å². The third kappa shape index (κ3) is 2.76. The van der Waals surface area contributed by atoms with E-state index in [9.17, 15) is 4.39 Å². The summed E-state index contributed by atoms with van der Waals surface area (Å²) in [5.74, 6) is 0.390. The third-order valence-corrected chi connectivity index (χ3v) is 1.87. The molecule has 1 rings (SSSR count). The number of benzene rings is 1. The zero-order chi connectivity index (χ0) is 9.84. The molecule has 1 nitrogen and oxygen atoms in total. The monoisotopic (exact) mass is 180 g/mol. The van der Waals surface area contributed by atoms with Gasteiger partial charge >= 0.3 is 0 Å². The highest BCUT2D eigenvalue weighted by Crippen LogP contribution is 2.11. The summed E-state index contributed by atoms with van der Waals surface area (Å²) in [6, 6.07) is 4.85. The Morgan fingerprint density at radius 1 is 1.31 bits per heavy atom. The van der Waals surface area contributed by atoms with Crippen molar-refractivity contribution in [2.75, 3.05) is 6.61 Å². The van der Waals surface area contributed by atoms with Crippen LogP contribution < -0.4 is 10.2 Å². The van der Waals surface area contributed by atoms with Gasteiger partial charge in [0.1, 0.15) is 11.6 Å². The lowest BCUT2D eigenvalue weighted by Crippen LogP contribution is -2.23. The topological polar surface area (TPSA) is 9.23 Å². The largest absolute Gasteiger partial charge is 0.494 e. The minimum absolute atomic E-state index is 0.227. The third-order valence-electron chi connectivity index (χ3n) is 1.87. The van der Waals surface area contributed by atoms with Gasteiger partial charge in [0.15, 0.2) is 6.71 Å². The van der Waals surface area contributed by atoms with Gasteiger partial charge in [-0.15, -0.1) is 0 Å². The molecule has 0 unspecified atom stereocenters. The molecule has 0 aliphatic carbocycles. The van der Waals surface area contributed by atoms with Crippen LogP contribution in [0.5, 0.6) is 5.75 Å². The van der Waals surface area contributed by atoms with Gasteiger partial charge in [-0.1, -0.05) is 19.1 Å². The molecular weight excluding hydrogens is 166 g/mol. The van der Waals surface area contributed by atoms with Crippen molar-refractivity contribution in [2.45, 2.75) is 20.6 Å². The van der Waals surface area contributed by atoms with Crippen LogP contribution in [0.4, 0.5) is 4.39 Å². The number of halogens is 1. The van der Waals surface area contributed by atoms with E-state index in [0.29, 0.717) is 19.1 Å². The molecule has 0 heterocycles. The van der Waals surface area contributed by atoms with Crippen LogP contribution in [0.2, 0.25) is 13.6 Å². The van der Waals surface area contributed by atoms with Gasteiger partial charge in [-0.25, -0.2) is 4.39 Å². The zero-order valence-electron chi connectivity index (χ0n) is 8.30. The Bertz CT molecular complexity index is 286. The lowest BCUT2D eigenvalue weighted by molar-refractivity contribution is 0.338. The molecule has 1 aromatic carbocycles. The summed E-state index contributed by atoms with van der Waals surface area (Å²) in [4.78, 5) is 0. The van der Waals surface area contributed by atoms with Crippen molar-refractivity contribution >= 4 is 12.2 Å². The molecule has 13 heavy (non-hydrogen) atoms. The molecule has 0 aromatic heterocycles. The predicted octanol–water partition coefficient (Wildman–Crippen LogP) is 2.19. The van der Waals surface area contributed by atoms with E-state index >= 15 is 0 Å². The fraction of sp³-hybridized carbons (Fsp3) is 0.400. The van der Waals surface area contributed by atoms with Gasteiger partial charge in [-0.3, -0.25) is 0 Å². The van der Waals surface area contributed by atoms with Crippen molar-refractivity contribution in [2.24, 2.45) is 0 Å². The molecule has 0 saturated heterocycles. The van der Waals surface area contributed by atoms with Gasteiger partial charge in [0.25, 0.3) is 0 Å². The average Bonchev–Trinajstić information content (AvgIpc) is 2.03. The first-order valence-corrected chi connectivity index (χ1v) is 4.56. The summed E-state index contributed by atoms with van der Waals surface area (Å²) in [5, 5.41) is 0. The smallest absolute Gasteiger partial charge is 0.169 e. The first-order valence-electron chi connectivity index (χ1n) is 4.56. The normalized spacial score (nSPS) is 9.85. The van der Waals surface area contributed by atoms with Crippen molar-refractivity contribution in [1.82, 2.24) is 0 Å². The molecule has 0 radical (unpaired) electrons. The SMILES string of the molecule is CCOc1cc(F)cc(B(C)C)c1. The Balaban J connectivity index is 2.96. The van der Waals surface area contributed by atoms with Crippen molar-refractivity contribution < 1.29 is 9.13 Å². The fourth-order valence-corrected chi connectivity index (χ4v) is 1.17. The minimum Gasteiger partial charge on any atom is -0.494 e. The molecule has 0 aliphatic heterocycles. The van der Waals surface area contributed by atoms with Crippen LogP contribution in [0.3, 0.4) is 0 Å². The Labute approximate surface area is 79.0 Å². The molecule has 0 spiro atoms. The van der Waals surface area contributed by atoms with Gasteiger partial charge in [-0.2, -0.15) is 0 Å². The molecule has 0 saturated carbocycles. The first kappa shape index (κ1) is 10.1. The van der Waals surface area contributed by atoms with E-state index < -0.39 is 0 Å². The maximum atomic E-state index is 13.0. The molecule has 0 amide bonds. The van der Waals surface area contributed by atoms with Crippen LogP contribution in [0, 0.1) is 5.82 Å². The van der Waals surface area contributed by atoms with Gasteiger partial charge in [0.2, 0.25) is 0 Å². The van der Waals surface area contributed by atoms with Crippen LogP contribution in [0.25, 0.3) is 0 Å². The van der Waals surface area contributed by atoms with Crippen molar-refractivity contribution in [1.29, 1.82) is 0 Å². The van der Waals surface area contributed by atoms with Crippen LogP contribution in [0.1, 0.15) is 6.92 Å². The molecule has 0 fully saturated rings. The molecule has 0 bridgehead atoms. The maximum Gasteiger partial charge on any atom is 0.169 e. The van der Waals surface area contributed by atoms with Gasteiger partial charge in [-0.05, 0) is 19.1 Å². The van der Waals surface area contributed by atoms with Crippen LogP contribution >= 0.6 is 0 Å². The van der Waals surface area contributed by atoms with E-state index in [-0.39, 0.29) is 5.82 Å². The molecule has 1 aromatic rings. The van der Waals surface area contributed by atoms with Crippen LogP contribution in [-0.2, 0) is 0 Å². The standard InChI is InChI=1S/C10H14BFO/c1-4-13-10-6-8(11(2)3)5-9(12)7-10/h5-7H,4H2,1-3H3. The van der Waals surface area contributed by atoms with E-state index in [1.807, 2.05) is 26.6 Å². The summed E-state index contributed by atoms with van der Waals surface area (Å²) in [6.45, 7) is 6.85. The highest BCUT2D eigenvalue weighted by Gasteiger charge is 2.06. The maximum absolute atomic E-state index is 13.0. The first-order chi connectivity index (χ1) is 6.13. The zero-order valence-corrected chi connectivity index (χ0v) is 8.30. The number of hydrogen-bond donors (Lipinski definition) is 0. The van der Waals surface area contributed by atoms with Crippen molar-refractivity contribution in [3.63, 3.8) is 0 Å². The molecule has 70 valence electrons. The van der Waals surface area contributed by atoms with Gasteiger partial charge in [0, 0.05) is 6.07 Å². The molecular formula is C10H14BFO. The highest BCUT2D eigenvalue weighted by molar-refractivity contribution is 6.70. The van der Waals surface area contributed by atoms with Crippen LogP contribution in [0.15, 0.2) is 18.2 Å². The fourth-order valence-electron chi connectivity index (χ4n) is 1.17. The quantitative estimate of drug-likeness (QED) is 0.647. The Morgan fingerprint density at radius 3 is 2.54 bits per heavy atom. The van der Waals surface area contributed by atoms with E-state index in [1.165, 1.54) is 6.07 Å². The summed E-state index contributed by atoms with van der Waals surface area (Å²) >= 11 is 0. The Morgan fingerprint density at radius 2 is 2.00 bits per heavy atom. The highest BCUT2D eigenvalue weighted by atomic mass is 19.1. The second kappa shape index (κ2) is 4.31. The van der Waals surface area contributed by atoms with Gasteiger partial charge < -0.3 is 4.74 Å². The second-order valence-electron chi connectivity index (χ2n) is 3.31. The summed E-state index contributed by atoms with van der Waals surface area (Å²) in [6.07, 6.45) is 0. The van der Waals surface area contributed by atoms with E-state index in [1.54, 1.807) is 6.07 Å². The van der Waals surface area contributed by atoms with Crippen molar-refractivity contribution in [3.05, 3.63) is 24.0 Å². The number of rotatable bonds is 3. The predicted molar refractivity (Wildman–Crippen MR) is 54.7 cm³/mol. The Hall–Kier alpha value is -0.985. The average molecular weight is 180 g/mol. The lowest BCUT2D eigenvalue weighted by atomic mass is 9.49. The van der Waals surface area contributed by atoms with Crippen molar-refractivity contribution in [3.8, 4) is 5.75 Å². The molecule has 3 heteroatoms. The molecule has 0 aliphatic rings. The minimum atomic E-state index is -0.227. The number of hydrogen-bond acceptors (Lipinski definition) is 1. The van der Waals surface area contributed by atoms with E-state index in [0.717, 1.165) is 5.46 Å². The van der Waals surface area contributed by atoms with Gasteiger partial charge in [0.05, 0.1) is 6.61 Å². The summed E-state index contributed by atoms with van der Waals surface area (Å²) in [7, 11) is 0. The molecule has 0 N–H and O–H groups in total.